The van der Waals surface area contributed by atoms with Crippen molar-refractivity contribution < 1.29 is 18.8 Å². The number of amides is 1. The van der Waals surface area contributed by atoms with Crippen molar-refractivity contribution in [1.82, 2.24) is 15.5 Å². The number of pyridine rings is 1. The first-order valence-corrected chi connectivity index (χ1v) is 7.70. The van der Waals surface area contributed by atoms with Crippen molar-refractivity contribution in [2.45, 2.75) is 6.42 Å². The third-order valence-electron chi connectivity index (χ3n) is 3.47. The molecule has 3 aromatic rings. The van der Waals surface area contributed by atoms with Crippen LogP contribution in [0.1, 0.15) is 5.56 Å². The van der Waals surface area contributed by atoms with E-state index >= 15 is 0 Å². The van der Waals surface area contributed by atoms with Gasteiger partial charge in [-0.15, -0.1) is 0 Å². The van der Waals surface area contributed by atoms with Gasteiger partial charge in [-0.05, 0) is 41.4 Å². The van der Waals surface area contributed by atoms with E-state index in [1.165, 1.54) is 0 Å². The summed E-state index contributed by atoms with van der Waals surface area (Å²) < 4.78 is 15.5. The first-order chi connectivity index (χ1) is 12.2. The van der Waals surface area contributed by atoms with Crippen LogP contribution in [0.25, 0.3) is 11.3 Å². The third-order valence-corrected chi connectivity index (χ3v) is 3.47. The lowest BCUT2D eigenvalue weighted by Gasteiger charge is -2.04. The highest BCUT2D eigenvalue weighted by Crippen LogP contribution is 2.26. The molecule has 1 amide bonds. The maximum atomic E-state index is 11.8. The molecule has 0 spiro atoms. The number of carbonyl (C=O) groups excluding carboxylic acids is 1. The number of hydrogen-bond acceptors (Lipinski definition) is 6. The molecule has 0 aliphatic rings. The van der Waals surface area contributed by atoms with Crippen molar-refractivity contribution in [3.8, 4) is 23.0 Å². The largest absolute Gasteiger partial charge is 0.497 e. The molecule has 0 fully saturated rings. The molecule has 2 heterocycles. The molecule has 7 nitrogen and oxygen atoms in total. The van der Waals surface area contributed by atoms with Crippen LogP contribution in [0.4, 0.5) is 4.79 Å². The van der Waals surface area contributed by atoms with Gasteiger partial charge >= 0.3 is 6.09 Å². The Balaban J connectivity index is 1.53. The number of aromatic nitrogens is 2. The summed E-state index contributed by atoms with van der Waals surface area (Å²) in [7, 11) is 1.59. The third kappa shape index (κ3) is 4.57. The fourth-order valence-corrected chi connectivity index (χ4v) is 2.21. The molecule has 3 rings (SSSR count). The van der Waals surface area contributed by atoms with Crippen LogP contribution in [-0.2, 0) is 6.42 Å². The second-order valence-corrected chi connectivity index (χ2v) is 5.18. The number of benzene rings is 1. The molecule has 1 aromatic carbocycles. The molecule has 25 heavy (non-hydrogen) atoms. The van der Waals surface area contributed by atoms with Crippen molar-refractivity contribution in [2.75, 3.05) is 13.7 Å². The van der Waals surface area contributed by atoms with E-state index in [1.54, 1.807) is 31.6 Å². The van der Waals surface area contributed by atoms with Gasteiger partial charge in [-0.2, -0.15) is 0 Å². The highest BCUT2D eigenvalue weighted by atomic mass is 16.6. The maximum absolute atomic E-state index is 11.8. The quantitative estimate of drug-likeness (QED) is 0.743. The zero-order valence-electron chi connectivity index (χ0n) is 13.6. The van der Waals surface area contributed by atoms with E-state index in [1.807, 2.05) is 30.3 Å². The van der Waals surface area contributed by atoms with Gasteiger partial charge in [0.15, 0.2) is 5.76 Å². The summed E-state index contributed by atoms with van der Waals surface area (Å²) in [6.45, 7) is 0.448. The molecule has 0 saturated heterocycles. The number of carbonyl (C=O) groups is 1. The van der Waals surface area contributed by atoms with Crippen LogP contribution in [0.15, 0.2) is 59.4 Å². The van der Waals surface area contributed by atoms with Gasteiger partial charge in [0.05, 0.1) is 13.2 Å². The lowest BCUT2D eigenvalue weighted by Crippen LogP contribution is -2.28. The second-order valence-electron chi connectivity index (χ2n) is 5.18. The molecule has 7 heteroatoms. The maximum Gasteiger partial charge on any atom is 0.414 e. The molecule has 0 bridgehead atoms. The Morgan fingerprint density at radius 3 is 2.84 bits per heavy atom. The summed E-state index contributed by atoms with van der Waals surface area (Å²) in [4.78, 5) is 15.7. The van der Waals surface area contributed by atoms with Crippen LogP contribution in [0.3, 0.4) is 0 Å². The minimum Gasteiger partial charge on any atom is -0.497 e. The van der Waals surface area contributed by atoms with Gasteiger partial charge in [0.1, 0.15) is 5.75 Å². The molecular weight excluding hydrogens is 322 g/mol. The van der Waals surface area contributed by atoms with E-state index in [9.17, 15) is 4.79 Å². The highest BCUT2D eigenvalue weighted by Gasteiger charge is 2.12. The van der Waals surface area contributed by atoms with Crippen LogP contribution in [-0.4, -0.2) is 29.9 Å². The SMILES string of the molecule is COc1cccc(-c2cc(OC(=O)NCCc3ccncc3)no2)c1. The molecule has 0 aliphatic carbocycles. The van der Waals surface area contributed by atoms with Crippen LogP contribution in [0, 0.1) is 0 Å². The second kappa shape index (κ2) is 7.96. The molecule has 0 saturated carbocycles. The Bertz CT molecular complexity index is 833. The highest BCUT2D eigenvalue weighted by molar-refractivity contribution is 5.70. The number of nitrogens with one attached hydrogen (secondary N) is 1. The van der Waals surface area contributed by atoms with Crippen molar-refractivity contribution in [2.24, 2.45) is 0 Å². The smallest absolute Gasteiger partial charge is 0.414 e. The molecule has 0 unspecified atom stereocenters. The minimum absolute atomic E-state index is 0.0965. The van der Waals surface area contributed by atoms with Gasteiger partial charge in [0.2, 0.25) is 0 Å². The topological polar surface area (TPSA) is 86.5 Å². The number of hydrogen-bond donors (Lipinski definition) is 1. The van der Waals surface area contributed by atoms with Gasteiger partial charge in [0, 0.05) is 24.5 Å². The molecular formula is C18H17N3O4. The molecule has 2 aromatic heterocycles. The van der Waals surface area contributed by atoms with Gasteiger partial charge in [-0.25, -0.2) is 4.79 Å². The average Bonchev–Trinajstić information content (AvgIpc) is 3.11. The zero-order chi connectivity index (χ0) is 17.5. The molecule has 1 N–H and O–H groups in total. The Morgan fingerprint density at radius 2 is 2.04 bits per heavy atom. The summed E-state index contributed by atoms with van der Waals surface area (Å²) in [6.07, 6.45) is 3.53. The zero-order valence-corrected chi connectivity index (χ0v) is 13.6. The lowest BCUT2D eigenvalue weighted by molar-refractivity contribution is 0.196. The fourth-order valence-electron chi connectivity index (χ4n) is 2.21. The Morgan fingerprint density at radius 1 is 1.20 bits per heavy atom. The lowest BCUT2D eigenvalue weighted by atomic mass is 10.1. The van der Waals surface area contributed by atoms with Crippen LogP contribution in [0.2, 0.25) is 0 Å². The fraction of sp³-hybridized carbons (Fsp3) is 0.167. The average molecular weight is 339 g/mol. The molecule has 0 radical (unpaired) electrons. The van der Waals surface area contributed by atoms with Crippen LogP contribution < -0.4 is 14.8 Å². The summed E-state index contributed by atoms with van der Waals surface area (Å²) >= 11 is 0. The number of methoxy groups -OCH3 is 1. The summed E-state index contributed by atoms with van der Waals surface area (Å²) in [6, 6.07) is 12.7. The minimum atomic E-state index is -0.584. The van der Waals surface area contributed by atoms with E-state index in [2.05, 4.69) is 15.5 Å². The Hall–Kier alpha value is -3.35. The summed E-state index contributed by atoms with van der Waals surface area (Å²) in [5.74, 6) is 1.28. The Kier molecular flexibility index (Phi) is 5.26. The first-order valence-electron chi connectivity index (χ1n) is 7.70. The van der Waals surface area contributed by atoms with E-state index in [0.29, 0.717) is 24.5 Å². The van der Waals surface area contributed by atoms with E-state index in [-0.39, 0.29) is 5.88 Å². The summed E-state index contributed by atoms with van der Waals surface area (Å²) in [5, 5.41) is 6.41. The van der Waals surface area contributed by atoms with Crippen molar-refractivity contribution in [3.05, 3.63) is 60.4 Å². The molecule has 0 atom stereocenters. The van der Waals surface area contributed by atoms with E-state index in [4.69, 9.17) is 14.0 Å². The summed E-state index contributed by atoms with van der Waals surface area (Å²) in [5.41, 5.74) is 1.86. The number of nitrogens with zero attached hydrogens (tertiary/aromatic N) is 2. The van der Waals surface area contributed by atoms with Gasteiger partial charge < -0.3 is 19.3 Å². The monoisotopic (exact) mass is 339 g/mol. The standard InChI is InChI=1S/C18H17N3O4/c1-23-15-4-2-3-14(11-15)16-12-17(21-25-16)24-18(22)20-10-7-13-5-8-19-9-6-13/h2-6,8-9,11-12H,7,10H2,1H3,(H,20,22). The van der Waals surface area contributed by atoms with Gasteiger partial charge in [-0.1, -0.05) is 12.1 Å². The van der Waals surface area contributed by atoms with Crippen molar-refractivity contribution >= 4 is 6.09 Å². The molecule has 0 aliphatic heterocycles. The van der Waals surface area contributed by atoms with Crippen LogP contribution >= 0.6 is 0 Å². The number of rotatable bonds is 6. The predicted octanol–water partition coefficient (Wildman–Crippen LogP) is 3.08. The van der Waals surface area contributed by atoms with Crippen molar-refractivity contribution in [1.29, 1.82) is 0 Å². The van der Waals surface area contributed by atoms with Gasteiger partial charge in [0.25, 0.3) is 5.88 Å². The molecule has 128 valence electrons. The normalized spacial score (nSPS) is 10.3. The van der Waals surface area contributed by atoms with Crippen molar-refractivity contribution in [3.63, 3.8) is 0 Å². The Labute approximate surface area is 144 Å². The number of ether oxygens (including phenoxy) is 2. The first kappa shape index (κ1) is 16.5. The predicted molar refractivity (Wildman–Crippen MR) is 90.5 cm³/mol. The van der Waals surface area contributed by atoms with Gasteiger partial charge in [-0.3, -0.25) is 4.98 Å². The van der Waals surface area contributed by atoms with E-state index < -0.39 is 6.09 Å². The van der Waals surface area contributed by atoms with Crippen LogP contribution in [0.5, 0.6) is 11.6 Å². The van der Waals surface area contributed by atoms with E-state index in [0.717, 1.165) is 11.1 Å².